The van der Waals surface area contributed by atoms with E-state index in [0.29, 0.717) is 18.4 Å². The summed E-state index contributed by atoms with van der Waals surface area (Å²) in [5, 5.41) is 12.9. The molecule has 1 saturated heterocycles. The van der Waals surface area contributed by atoms with Crippen LogP contribution in [0, 0.1) is 5.92 Å². The molecule has 2 rings (SSSR count). The van der Waals surface area contributed by atoms with E-state index in [-0.39, 0.29) is 6.04 Å². The summed E-state index contributed by atoms with van der Waals surface area (Å²) < 4.78 is 5.53. The van der Waals surface area contributed by atoms with E-state index in [1.165, 1.54) is 6.42 Å². The molecule has 5 heteroatoms. The summed E-state index contributed by atoms with van der Waals surface area (Å²) in [5.74, 6) is -0.158. The average Bonchev–Trinajstić information content (AvgIpc) is 3.23. The molecule has 1 heterocycles. The molecule has 1 saturated carbocycles. The van der Waals surface area contributed by atoms with Gasteiger partial charge < -0.3 is 14.7 Å². The van der Waals surface area contributed by atoms with Gasteiger partial charge >= 0.3 is 5.97 Å². The van der Waals surface area contributed by atoms with Gasteiger partial charge in [-0.15, -0.1) is 0 Å². The summed E-state index contributed by atoms with van der Waals surface area (Å²) in [6.07, 6.45) is 5.19. The van der Waals surface area contributed by atoms with E-state index < -0.39 is 11.5 Å². The first-order valence-corrected chi connectivity index (χ1v) is 8.20. The Labute approximate surface area is 128 Å². The summed E-state index contributed by atoms with van der Waals surface area (Å²) >= 11 is 0. The second-order valence-electron chi connectivity index (χ2n) is 7.13. The number of carboxylic acid groups (broad SMARTS) is 1. The van der Waals surface area contributed by atoms with Crippen molar-refractivity contribution in [2.24, 2.45) is 5.92 Å². The van der Waals surface area contributed by atoms with Crippen LogP contribution in [0.25, 0.3) is 0 Å². The molecule has 0 radical (unpaired) electrons. The van der Waals surface area contributed by atoms with Gasteiger partial charge in [0.15, 0.2) is 0 Å². The lowest BCUT2D eigenvalue weighted by molar-refractivity contribution is -0.145. The first-order valence-electron chi connectivity index (χ1n) is 8.20. The Morgan fingerprint density at radius 2 is 2.19 bits per heavy atom. The second kappa shape index (κ2) is 7.07. The van der Waals surface area contributed by atoms with Gasteiger partial charge in [0.2, 0.25) is 0 Å². The highest BCUT2D eigenvalue weighted by molar-refractivity contribution is 5.78. The third kappa shape index (κ3) is 4.94. The SMILES string of the molecule is CC(CC(C)(NC1CC1)C(=O)O)N(C)CC1CCCOC1. The Morgan fingerprint density at radius 3 is 2.71 bits per heavy atom. The molecule has 3 atom stereocenters. The van der Waals surface area contributed by atoms with Gasteiger partial charge in [-0.25, -0.2) is 0 Å². The molecule has 0 aromatic heterocycles. The van der Waals surface area contributed by atoms with E-state index in [0.717, 1.165) is 39.0 Å². The van der Waals surface area contributed by atoms with Crippen molar-refractivity contribution in [1.82, 2.24) is 10.2 Å². The van der Waals surface area contributed by atoms with Crippen molar-refractivity contribution in [3.8, 4) is 0 Å². The van der Waals surface area contributed by atoms with Gasteiger partial charge in [-0.2, -0.15) is 0 Å². The van der Waals surface area contributed by atoms with Crippen LogP contribution in [0.1, 0.15) is 46.0 Å². The number of aliphatic carboxylic acids is 1. The average molecular weight is 298 g/mol. The van der Waals surface area contributed by atoms with Crippen LogP contribution in [0.5, 0.6) is 0 Å². The van der Waals surface area contributed by atoms with Crippen molar-refractivity contribution >= 4 is 5.97 Å². The van der Waals surface area contributed by atoms with Crippen molar-refractivity contribution in [1.29, 1.82) is 0 Å². The molecule has 2 fully saturated rings. The number of rotatable bonds is 8. The molecule has 5 nitrogen and oxygen atoms in total. The fourth-order valence-corrected chi connectivity index (χ4v) is 3.17. The number of nitrogens with one attached hydrogen (secondary N) is 1. The number of hydrogen-bond acceptors (Lipinski definition) is 4. The van der Waals surface area contributed by atoms with Crippen molar-refractivity contribution < 1.29 is 14.6 Å². The number of carboxylic acids is 1. The fourth-order valence-electron chi connectivity index (χ4n) is 3.17. The van der Waals surface area contributed by atoms with Crippen LogP contribution in [-0.2, 0) is 9.53 Å². The molecule has 0 bridgehead atoms. The minimum absolute atomic E-state index is 0.235. The van der Waals surface area contributed by atoms with E-state index in [1.54, 1.807) is 0 Å². The molecular formula is C16H30N2O3. The topological polar surface area (TPSA) is 61.8 Å². The highest BCUT2D eigenvalue weighted by Crippen LogP contribution is 2.26. The minimum Gasteiger partial charge on any atom is -0.480 e. The zero-order valence-electron chi connectivity index (χ0n) is 13.6. The first-order chi connectivity index (χ1) is 9.90. The summed E-state index contributed by atoms with van der Waals surface area (Å²) in [6, 6.07) is 0.634. The van der Waals surface area contributed by atoms with E-state index in [9.17, 15) is 9.90 Å². The van der Waals surface area contributed by atoms with Crippen molar-refractivity contribution in [3.05, 3.63) is 0 Å². The summed E-state index contributed by atoms with van der Waals surface area (Å²) in [7, 11) is 2.10. The van der Waals surface area contributed by atoms with E-state index in [4.69, 9.17) is 4.74 Å². The maximum absolute atomic E-state index is 11.6. The van der Waals surface area contributed by atoms with Gasteiger partial charge in [0.25, 0.3) is 0 Å². The quantitative estimate of drug-likeness (QED) is 0.714. The monoisotopic (exact) mass is 298 g/mol. The van der Waals surface area contributed by atoms with Crippen molar-refractivity contribution in [3.63, 3.8) is 0 Å². The van der Waals surface area contributed by atoms with Crippen LogP contribution in [-0.4, -0.2) is 60.4 Å². The lowest BCUT2D eigenvalue weighted by Crippen LogP contribution is -2.54. The van der Waals surface area contributed by atoms with Crippen LogP contribution in [0.3, 0.4) is 0 Å². The summed E-state index contributed by atoms with van der Waals surface area (Å²) in [6.45, 7) is 6.66. The van der Waals surface area contributed by atoms with Gasteiger partial charge in [0.1, 0.15) is 5.54 Å². The van der Waals surface area contributed by atoms with Gasteiger partial charge in [-0.3, -0.25) is 10.1 Å². The first kappa shape index (κ1) is 16.7. The van der Waals surface area contributed by atoms with Crippen LogP contribution < -0.4 is 5.32 Å². The van der Waals surface area contributed by atoms with Crippen LogP contribution in [0.15, 0.2) is 0 Å². The van der Waals surface area contributed by atoms with E-state index in [1.807, 2.05) is 6.92 Å². The molecule has 21 heavy (non-hydrogen) atoms. The van der Waals surface area contributed by atoms with Crippen molar-refractivity contribution in [2.75, 3.05) is 26.8 Å². The smallest absolute Gasteiger partial charge is 0.323 e. The zero-order valence-corrected chi connectivity index (χ0v) is 13.6. The highest BCUT2D eigenvalue weighted by atomic mass is 16.5. The largest absolute Gasteiger partial charge is 0.480 e. The highest BCUT2D eigenvalue weighted by Gasteiger charge is 2.40. The Bertz CT molecular complexity index is 353. The van der Waals surface area contributed by atoms with E-state index in [2.05, 4.69) is 24.2 Å². The number of nitrogens with zero attached hydrogens (tertiary/aromatic N) is 1. The molecule has 122 valence electrons. The Balaban J connectivity index is 1.84. The van der Waals surface area contributed by atoms with Crippen LogP contribution in [0.2, 0.25) is 0 Å². The Morgan fingerprint density at radius 1 is 1.48 bits per heavy atom. The number of ether oxygens (including phenoxy) is 1. The van der Waals surface area contributed by atoms with Gasteiger partial charge in [-0.1, -0.05) is 0 Å². The van der Waals surface area contributed by atoms with Crippen LogP contribution >= 0.6 is 0 Å². The molecule has 3 unspecified atom stereocenters. The third-order valence-corrected chi connectivity index (χ3v) is 4.83. The second-order valence-corrected chi connectivity index (χ2v) is 7.13. The molecule has 2 N–H and O–H groups in total. The summed E-state index contributed by atoms with van der Waals surface area (Å²) in [5.41, 5.74) is -0.822. The maximum atomic E-state index is 11.6. The lowest BCUT2D eigenvalue weighted by atomic mass is 9.92. The minimum atomic E-state index is -0.822. The molecular weight excluding hydrogens is 268 g/mol. The predicted molar refractivity (Wildman–Crippen MR) is 82.5 cm³/mol. The molecule has 2 aliphatic rings. The zero-order chi connectivity index (χ0) is 15.5. The standard InChI is InChI=1S/C16H30N2O3/c1-12(18(3)10-13-5-4-8-21-11-13)9-16(2,15(19)20)17-14-6-7-14/h12-14,17H,4-11H2,1-3H3,(H,19,20). The normalized spacial score (nSPS) is 27.3. The van der Waals surface area contributed by atoms with Gasteiger partial charge in [-0.05, 0) is 58.9 Å². The van der Waals surface area contributed by atoms with E-state index >= 15 is 0 Å². The van der Waals surface area contributed by atoms with Crippen molar-refractivity contribution in [2.45, 2.75) is 63.6 Å². The Kier molecular flexibility index (Phi) is 5.63. The molecule has 1 aliphatic heterocycles. The number of carbonyl (C=O) groups is 1. The molecule has 1 aliphatic carbocycles. The predicted octanol–water partition coefficient (Wildman–Crippen LogP) is 1.72. The molecule has 0 aromatic carbocycles. The fraction of sp³-hybridized carbons (Fsp3) is 0.938. The lowest BCUT2D eigenvalue weighted by Gasteiger charge is -2.35. The van der Waals surface area contributed by atoms with Gasteiger partial charge in [0, 0.05) is 25.2 Å². The molecule has 0 aromatic rings. The maximum Gasteiger partial charge on any atom is 0.323 e. The van der Waals surface area contributed by atoms with Crippen LogP contribution in [0.4, 0.5) is 0 Å². The molecule has 0 spiro atoms. The third-order valence-electron chi connectivity index (χ3n) is 4.83. The molecule has 0 amide bonds. The van der Waals surface area contributed by atoms with Gasteiger partial charge in [0.05, 0.1) is 6.61 Å². The Hall–Kier alpha value is -0.650. The summed E-state index contributed by atoms with van der Waals surface area (Å²) in [4.78, 5) is 13.9. The number of hydrogen-bond donors (Lipinski definition) is 2.